The molecule has 0 heterocycles. The first-order valence-corrected chi connectivity index (χ1v) is 6.54. The van der Waals surface area contributed by atoms with Crippen molar-refractivity contribution in [3.05, 3.63) is 28.8 Å². The normalized spacial score (nSPS) is 13.6. The van der Waals surface area contributed by atoms with Crippen molar-refractivity contribution in [3.63, 3.8) is 0 Å². The molecule has 0 fully saturated rings. The number of carbonyl (C=O) groups excluding carboxylic acids is 1. The monoisotopic (exact) mass is 365 g/mol. The summed E-state index contributed by atoms with van der Waals surface area (Å²) in [5.74, 6) is -2.82. The lowest BCUT2D eigenvalue weighted by atomic mass is 10.0. The number of alkyl halides is 6. The van der Waals surface area contributed by atoms with Crippen LogP contribution in [0.4, 0.5) is 26.3 Å². The molecule has 0 aromatic heterocycles. The molecular formula is C11H7F6O5S-. The molecule has 1 unspecified atom stereocenters. The standard InChI is InChI=1S/C11H8F6O5S/c1-5(18)21-4-6-2-7(10(12,13)14)9(22-23(19)20)8(3-6)11(15,16)17/h2-3H,4H2,1H3,(H,19,20)/p-1. The van der Waals surface area contributed by atoms with Crippen molar-refractivity contribution in [1.82, 2.24) is 0 Å². The summed E-state index contributed by atoms with van der Waals surface area (Å²) in [6, 6.07) is 0.417. The van der Waals surface area contributed by atoms with Gasteiger partial charge >= 0.3 is 18.3 Å². The summed E-state index contributed by atoms with van der Waals surface area (Å²) in [5, 5.41) is 0. The molecule has 12 heteroatoms. The molecule has 0 aliphatic heterocycles. The van der Waals surface area contributed by atoms with Gasteiger partial charge in [0.15, 0.2) is 5.75 Å². The van der Waals surface area contributed by atoms with Gasteiger partial charge in [-0.1, -0.05) is 0 Å². The van der Waals surface area contributed by atoms with Crippen molar-refractivity contribution in [2.24, 2.45) is 0 Å². The molecule has 1 atom stereocenters. The van der Waals surface area contributed by atoms with Crippen molar-refractivity contribution in [3.8, 4) is 5.75 Å². The Balaban J connectivity index is 3.57. The van der Waals surface area contributed by atoms with Crippen LogP contribution in [-0.2, 0) is 39.9 Å². The first-order chi connectivity index (χ1) is 10.3. The second kappa shape index (κ2) is 6.74. The molecule has 0 bridgehead atoms. The average Bonchev–Trinajstić information content (AvgIpc) is 2.33. The number of hydrogen-bond acceptors (Lipinski definition) is 5. The molecule has 0 aliphatic rings. The zero-order chi connectivity index (χ0) is 18.0. The zero-order valence-corrected chi connectivity index (χ0v) is 11.9. The van der Waals surface area contributed by atoms with E-state index in [0.717, 1.165) is 6.92 Å². The van der Waals surface area contributed by atoms with E-state index in [-0.39, 0.29) is 12.1 Å². The first kappa shape index (κ1) is 19.2. The Labute approximate surface area is 127 Å². The van der Waals surface area contributed by atoms with Gasteiger partial charge in [0.05, 0.1) is 0 Å². The van der Waals surface area contributed by atoms with Gasteiger partial charge in [0.25, 0.3) is 0 Å². The molecule has 0 aliphatic carbocycles. The van der Waals surface area contributed by atoms with Crippen molar-refractivity contribution in [2.75, 3.05) is 0 Å². The molecule has 0 amide bonds. The molecule has 0 N–H and O–H groups in total. The summed E-state index contributed by atoms with van der Waals surface area (Å²) in [6.07, 6.45) is -10.7. The molecule has 23 heavy (non-hydrogen) atoms. The van der Waals surface area contributed by atoms with E-state index >= 15 is 0 Å². The van der Waals surface area contributed by atoms with E-state index < -0.39 is 58.7 Å². The average molecular weight is 365 g/mol. The Hall–Kier alpha value is -1.82. The minimum absolute atomic E-state index is 0.209. The SMILES string of the molecule is CC(=O)OCc1cc(C(F)(F)F)c(OS(=O)[O-])c(C(F)(F)F)c1. The Morgan fingerprint density at radius 3 is 1.87 bits per heavy atom. The highest BCUT2D eigenvalue weighted by molar-refractivity contribution is 7.74. The topological polar surface area (TPSA) is 75.7 Å². The summed E-state index contributed by atoms with van der Waals surface area (Å²) >= 11 is -3.66. The Morgan fingerprint density at radius 1 is 1.13 bits per heavy atom. The lowest BCUT2D eigenvalue weighted by molar-refractivity contribution is -0.144. The Bertz CT molecular complexity index is 589. The lowest BCUT2D eigenvalue weighted by Crippen LogP contribution is -2.17. The van der Waals surface area contributed by atoms with Crippen LogP contribution in [0.25, 0.3) is 0 Å². The van der Waals surface area contributed by atoms with E-state index in [1.165, 1.54) is 0 Å². The van der Waals surface area contributed by atoms with Gasteiger partial charge in [-0.05, 0) is 17.7 Å². The van der Waals surface area contributed by atoms with Crippen LogP contribution in [0.2, 0.25) is 0 Å². The highest BCUT2D eigenvalue weighted by atomic mass is 32.2. The lowest BCUT2D eigenvalue weighted by Gasteiger charge is -2.20. The van der Waals surface area contributed by atoms with Gasteiger partial charge in [0.1, 0.15) is 29.1 Å². The van der Waals surface area contributed by atoms with Gasteiger partial charge in [-0.15, -0.1) is 0 Å². The number of carbonyl (C=O) groups is 1. The van der Waals surface area contributed by atoms with Crippen LogP contribution in [0.5, 0.6) is 5.75 Å². The van der Waals surface area contributed by atoms with Crippen LogP contribution in [0.15, 0.2) is 12.1 Å². The summed E-state index contributed by atoms with van der Waals surface area (Å²) in [4.78, 5) is 10.6. The Morgan fingerprint density at radius 2 is 1.57 bits per heavy atom. The fourth-order valence-electron chi connectivity index (χ4n) is 1.54. The van der Waals surface area contributed by atoms with Crippen LogP contribution in [0.1, 0.15) is 23.6 Å². The van der Waals surface area contributed by atoms with E-state index in [1.54, 1.807) is 0 Å². The quantitative estimate of drug-likeness (QED) is 0.466. The number of hydrogen-bond donors (Lipinski definition) is 0. The maximum absolute atomic E-state index is 12.9. The maximum atomic E-state index is 12.9. The summed E-state index contributed by atoms with van der Waals surface area (Å²) in [5.41, 5.74) is -4.55. The van der Waals surface area contributed by atoms with Crippen LogP contribution < -0.4 is 4.18 Å². The molecule has 5 nitrogen and oxygen atoms in total. The second-order valence-electron chi connectivity index (χ2n) is 4.08. The third-order valence-electron chi connectivity index (χ3n) is 2.35. The van der Waals surface area contributed by atoms with Crippen LogP contribution in [-0.4, -0.2) is 14.7 Å². The van der Waals surface area contributed by atoms with E-state index in [0.29, 0.717) is 0 Å². The van der Waals surface area contributed by atoms with Crippen LogP contribution in [0, 0.1) is 0 Å². The minimum atomic E-state index is -5.33. The summed E-state index contributed by atoms with van der Waals surface area (Å²) in [6.45, 7) is 0.0512. The predicted octanol–water partition coefficient (Wildman–Crippen LogP) is 2.96. The highest BCUT2D eigenvalue weighted by Gasteiger charge is 2.43. The third-order valence-corrected chi connectivity index (χ3v) is 2.66. The Kier molecular flexibility index (Phi) is 5.64. The molecule has 1 rings (SSSR count). The summed E-state index contributed by atoms with van der Waals surface area (Å²) < 4.78 is 106. The van der Waals surface area contributed by atoms with Crippen LogP contribution >= 0.6 is 0 Å². The third kappa shape index (κ3) is 5.39. The van der Waals surface area contributed by atoms with Gasteiger partial charge in [-0.2, -0.15) is 26.3 Å². The fraction of sp³-hybridized carbons (Fsp3) is 0.364. The molecule has 0 spiro atoms. The molecule has 1 aromatic carbocycles. The molecule has 1 aromatic rings. The summed E-state index contributed by atoms with van der Waals surface area (Å²) in [7, 11) is 0. The maximum Gasteiger partial charge on any atom is 0.420 e. The molecule has 0 radical (unpaired) electrons. The van der Waals surface area contributed by atoms with Crippen molar-refractivity contribution < 1.29 is 48.8 Å². The van der Waals surface area contributed by atoms with E-state index in [1.807, 2.05) is 0 Å². The first-order valence-electron chi connectivity index (χ1n) is 5.54. The smallest absolute Gasteiger partial charge is 0.420 e. The minimum Gasteiger partial charge on any atom is -0.740 e. The van der Waals surface area contributed by atoms with E-state index in [4.69, 9.17) is 0 Å². The van der Waals surface area contributed by atoms with Crippen molar-refractivity contribution in [1.29, 1.82) is 0 Å². The predicted molar refractivity (Wildman–Crippen MR) is 61.5 cm³/mol. The van der Waals surface area contributed by atoms with E-state index in [9.17, 15) is 39.9 Å². The van der Waals surface area contributed by atoms with Gasteiger partial charge in [0, 0.05) is 6.92 Å². The number of benzene rings is 1. The molecular weight excluding hydrogens is 358 g/mol. The zero-order valence-electron chi connectivity index (χ0n) is 11.1. The van der Waals surface area contributed by atoms with Gasteiger partial charge in [0.2, 0.25) is 0 Å². The molecule has 0 saturated carbocycles. The van der Waals surface area contributed by atoms with Gasteiger partial charge < -0.3 is 13.5 Å². The number of ether oxygens (including phenoxy) is 1. The van der Waals surface area contributed by atoms with Crippen molar-refractivity contribution in [2.45, 2.75) is 25.9 Å². The highest BCUT2D eigenvalue weighted by Crippen LogP contribution is 2.45. The molecule has 0 saturated heterocycles. The number of halogens is 6. The van der Waals surface area contributed by atoms with Crippen molar-refractivity contribution >= 4 is 17.3 Å². The van der Waals surface area contributed by atoms with E-state index in [2.05, 4.69) is 8.92 Å². The fourth-order valence-corrected chi connectivity index (χ4v) is 1.85. The number of esters is 1. The largest absolute Gasteiger partial charge is 0.740 e. The van der Waals surface area contributed by atoms with Gasteiger partial charge in [-0.3, -0.25) is 4.79 Å². The van der Waals surface area contributed by atoms with Crippen LogP contribution in [0.3, 0.4) is 0 Å². The second-order valence-corrected chi connectivity index (χ2v) is 4.66. The number of rotatable bonds is 4. The van der Waals surface area contributed by atoms with Gasteiger partial charge in [-0.25, -0.2) is 4.21 Å². The molecule has 130 valence electrons.